The van der Waals surface area contributed by atoms with Gasteiger partial charge in [0.1, 0.15) is 12.4 Å². The van der Waals surface area contributed by atoms with Gasteiger partial charge in [0.25, 0.3) is 0 Å². The summed E-state index contributed by atoms with van der Waals surface area (Å²) in [6.45, 7) is 2.39. The number of benzene rings is 2. The van der Waals surface area contributed by atoms with E-state index in [1.807, 2.05) is 40.9 Å². The molecule has 0 aliphatic heterocycles. The van der Waals surface area contributed by atoms with Crippen molar-refractivity contribution < 1.29 is 13.2 Å². The maximum Gasteiger partial charge on any atom is 0.175 e. The van der Waals surface area contributed by atoms with Gasteiger partial charge in [-0.15, -0.1) is 0 Å². The van der Waals surface area contributed by atoms with Crippen molar-refractivity contribution >= 4 is 21.2 Å². The van der Waals surface area contributed by atoms with Gasteiger partial charge in [-0.1, -0.05) is 31.2 Å². The van der Waals surface area contributed by atoms with Crippen molar-refractivity contribution in [2.24, 2.45) is 0 Å². The number of imidazole rings is 1. The highest BCUT2D eigenvalue weighted by molar-refractivity contribution is 7.90. The zero-order valence-corrected chi connectivity index (χ0v) is 17.7. The van der Waals surface area contributed by atoms with Gasteiger partial charge in [0, 0.05) is 18.0 Å². The molecule has 4 rings (SSSR count). The first kappa shape index (κ1) is 20.0. The van der Waals surface area contributed by atoms with E-state index < -0.39 is 9.84 Å². The number of nitrogens with two attached hydrogens (primary N) is 1. The summed E-state index contributed by atoms with van der Waals surface area (Å²) >= 11 is 0. The molecule has 0 spiro atoms. The molecule has 0 amide bonds. The van der Waals surface area contributed by atoms with Crippen molar-refractivity contribution in [2.75, 3.05) is 12.0 Å². The maximum absolute atomic E-state index is 11.8. The number of anilines is 1. The molecule has 2 N–H and O–H groups in total. The number of rotatable bonds is 6. The Kier molecular flexibility index (Phi) is 5.22. The summed E-state index contributed by atoms with van der Waals surface area (Å²) in [5, 5.41) is 0. The van der Waals surface area contributed by atoms with Crippen molar-refractivity contribution in [3.05, 3.63) is 78.1 Å². The van der Waals surface area contributed by atoms with E-state index >= 15 is 0 Å². The standard InChI is InChI=1S/C23H23N3O3S/c1-3-21-22(26-12-6-11-20(24)23(26)25-21)17-8-4-7-16(13-17)15-29-18-9-5-10-19(14-18)30(2,27)28/h4-14H,3,15,24H2,1-2H3. The van der Waals surface area contributed by atoms with Crippen LogP contribution in [-0.2, 0) is 22.9 Å². The minimum atomic E-state index is -3.28. The van der Waals surface area contributed by atoms with Gasteiger partial charge in [-0.3, -0.25) is 4.40 Å². The van der Waals surface area contributed by atoms with Gasteiger partial charge in [-0.05, 0) is 48.4 Å². The van der Waals surface area contributed by atoms with E-state index in [4.69, 9.17) is 15.5 Å². The number of hydrogen-bond acceptors (Lipinski definition) is 5. The summed E-state index contributed by atoms with van der Waals surface area (Å²) in [4.78, 5) is 4.95. The van der Waals surface area contributed by atoms with Gasteiger partial charge in [-0.2, -0.15) is 0 Å². The van der Waals surface area contributed by atoms with Gasteiger partial charge in [0.15, 0.2) is 15.5 Å². The minimum absolute atomic E-state index is 0.240. The summed E-state index contributed by atoms with van der Waals surface area (Å²) in [5.74, 6) is 0.514. The van der Waals surface area contributed by atoms with Crippen LogP contribution in [0.15, 0.2) is 71.8 Å². The molecule has 0 radical (unpaired) electrons. The van der Waals surface area contributed by atoms with Crippen molar-refractivity contribution in [1.29, 1.82) is 0 Å². The predicted octanol–water partition coefficient (Wildman–Crippen LogP) is 4.13. The average Bonchev–Trinajstić information content (AvgIpc) is 3.12. The van der Waals surface area contributed by atoms with Crippen molar-refractivity contribution in [1.82, 2.24) is 9.38 Å². The third kappa shape index (κ3) is 3.89. The van der Waals surface area contributed by atoms with Crippen LogP contribution in [0.3, 0.4) is 0 Å². The van der Waals surface area contributed by atoms with E-state index in [9.17, 15) is 8.42 Å². The van der Waals surface area contributed by atoms with Crippen LogP contribution in [0.4, 0.5) is 5.69 Å². The molecular formula is C23H23N3O3S. The lowest BCUT2D eigenvalue weighted by molar-refractivity contribution is 0.305. The molecule has 2 heterocycles. The van der Waals surface area contributed by atoms with Crippen molar-refractivity contribution in [3.63, 3.8) is 0 Å². The number of sulfone groups is 1. The average molecular weight is 422 g/mol. The molecule has 6 nitrogen and oxygen atoms in total. The van der Waals surface area contributed by atoms with Gasteiger partial charge < -0.3 is 10.5 Å². The highest BCUT2D eigenvalue weighted by atomic mass is 32.2. The van der Waals surface area contributed by atoms with Crippen LogP contribution >= 0.6 is 0 Å². The Hall–Kier alpha value is -3.32. The normalized spacial score (nSPS) is 11.7. The number of aromatic nitrogens is 2. The van der Waals surface area contributed by atoms with Gasteiger partial charge in [-0.25, -0.2) is 13.4 Å². The lowest BCUT2D eigenvalue weighted by atomic mass is 10.1. The lowest BCUT2D eigenvalue weighted by Crippen LogP contribution is -2.00. The molecular weight excluding hydrogens is 398 g/mol. The first-order valence-electron chi connectivity index (χ1n) is 9.64. The summed E-state index contributed by atoms with van der Waals surface area (Å²) in [7, 11) is -3.28. The third-order valence-electron chi connectivity index (χ3n) is 4.93. The molecule has 7 heteroatoms. The second-order valence-corrected chi connectivity index (χ2v) is 9.17. The minimum Gasteiger partial charge on any atom is -0.489 e. The number of fused-ring (bicyclic) bond motifs is 1. The number of nitrogen functional groups attached to an aromatic ring is 1. The summed E-state index contributed by atoms with van der Waals surface area (Å²) < 4.78 is 31.4. The maximum atomic E-state index is 11.8. The first-order chi connectivity index (χ1) is 14.4. The zero-order chi connectivity index (χ0) is 21.3. The van der Waals surface area contributed by atoms with E-state index in [0.717, 1.165) is 34.6 Å². The van der Waals surface area contributed by atoms with Crippen LogP contribution in [-0.4, -0.2) is 24.1 Å². The molecule has 0 saturated heterocycles. The third-order valence-corrected chi connectivity index (χ3v) is 6.04. The number of hydrogen-bond donors (Lipinski definition) is 1. The molecule has 2 aromatic heterocycles. The first-order valence-corrected chi connectivity index (χ1v) is 11.5. The molecule has 0 bridgehead atoms. The molecule has 0 unspecified atom stereocenters. The number of aryl methyl sites for hydroxylation is 1. The SMILES string of the molecule is CCc1nc2c(N)cccn2c1-c1cccc(COc2cccc(S(C)(=O)=O)c2)c1. The molecule has 0 aliphatic carbocycles. The highest BCUT2D eigenvalue weighted by Gasteiger charge is 2.15. The monoisotopic (exact) mass is 421 g/mol. The Balaban J connectivity index is 1.65. The topological polar surface area (TPSA) is 86.7 Å². The zero-order valence-electron chi connectivity index (χ0n) is 16.9. The molecule has 0 aliphatic rings. The van der Waals surface area contributed by atoms with Crippen LogP contribution in [0.2, 0.25) is 0 Å². The van der Waals surface area contributed by atoms with E-state index in [0.29, 0.717) is 18.0 Å². The smallest absolute Gasteiger partial charge is 0.175 e. The Morgan fingerprint density at radius 2 is 1.87 bits per heavy atom. The Labute approximate surface area is 175 Å². The molecule has 4 aromatic rings. The number of nitrogens with zero attached hydrogens (tertiary/aromatic N) is 2. The quantitative estimate of drug-likeness (QED) is 0.506. The summed E-state index contributed by atoms with van der Waals surface area (Å²) in [5.41, 5.74) is 11.5. The van der Waals surface area contributed by atoms with Crippen LogP contribution < -0.4 is 10.5 Å². The van der Waals surface area contributed by atoms with Gasteiger partial charge in [0.05, 0.1) is 22.0 Å². The van der Waals surface area contributed by atoms with E-state index in [1.165, 1.54) is 6.26 Å². The largest absolute Gasteiger partial charge is 0.489 e. The van der Waals surface area contributed by atoms with E-state index in [-0.39, 0.29) is 4.90 Å². The van der Waals surface area contributed by atoms with Crippen LogP contribution in [0.1, 0.15) is 18.2 Å². The summed E-state index contributed by atoms with van der Waals surface area (Å²) in [6, 6.07) is 18.4. The Morgan fingerprint density at radius 1 is 1.07 bits per heavy atom. The molecule has 0 saturated carbocycles. The number of ether oxygens (including phenoxy) is 1. The Bertz CT molecular complexity index is 1330. The van der Waals surface area contributed by atoms with Crippen molar-refractivity contribution in [3.8, 4) is 17.0 Å². The van der Waals surface area contributed by atoms with Crippen molar-refractivity contribution in [2.45, 2.75) is 24.8 Å². The Morgan fingerprint density at radius 3 is 2.63 bits per heavy atom. The summed E-state index contributed by atoms with van der Waals surface area (Å²) in [6.07, 6.45) is 3.94. The fourth-order valence-corrected chi connectivity index (χ4v) is 4.11. The number of pyridine rings is 1. The van der Waals surface area contributed by atoms with Gasteiger partial charge >= 0.3 is 0 Å². The van der Waals surface area contributed by atoms with E-state index in [2.05, 4.69) is 13.0 Å². The molecule has 2 aromatic carbocycles. The lowest BCUT2D eigenvalue weighted by Gasteiger charge is -2.10. The van der Waals surface area contributed by atoms with Crippen LogP contribution in [0.25, 0.3) is 16.9 Å². The molecule has 30 heavy (non-hydrogen) atoms. The predicted molar refractivity (Wildman–Crippen MR) is 118 cm³/mol. The van der Waals surface area contributed by atoms with E-state index in [1.54, 1.807) is 24.3 Å². The fraction of sp³-hybridized carbons (Fsp3) is 0.174. The second kappa shape index (κ2) is 7.84. The van der Waals surface area contributed by atoms with Gasteiger partial charge in [0.2, 0.25) is 0 Å². The molecule has 0 atom stereocenters. The molecule has 0 fully saturated rings. The fourth-order valence-electron chi connectivity index (χ4n) is 3.46. The van der Waals surface area contributed by atoms with Crippen LogP contribution in [0, 0.1) is 0 Å². The molecule has 154 valence electrons. The second-order valence-electron chi connectivity index (χ2n) is 7.15. The highest BCUT2D eigenvalue weighted by Crippen LogP contribution is 2.29. The van der Waals surface area contributed by atoms with Crippen LogP contribution in [0.5, 0.6) is 5.75 Å².